The second-order valence-corrected chi connectivity index (χ2v) is 13.1. The van der Waals surface area contributed by atoms with Crippen molar-refractivity contribution >= 4 is 42.9 Å². The van der Waals surface area contributed by atoms with Crippen molar-refractivity contribution in [2.24, 2.45) is 0 Å². The van der Waals surface area contributed by atoms with Crippen molar-refractivity contribution in [3.8, 4) is 68.5 Å². The summed E-state index contributed by atoms with van der Waals surface area (Å²) in [6, 6.07) is 22.4. The van der Waals surface area contributed by atoms with Crippen molar-refractivity contribution in [2.75, 3.05) is 74.9 Å². The summed E-state index contributed by atoms with van der Waals surface area (Å²) in [6.07, 6.45) is 5.75. The molecule has 5 aromatic rings. The maximum Gasteiger partial charge on any atom is 0.203 e. The zero-order valence-corrected chi connectivity index (χ0v) is 36.6. The molecule has 0 radical (unpaired) electrons. The molecule has 0 saturated carbocycles. The molecule has 1 fully saturated rings. The Labute approximate surface area is 359 Å². The Hall–Kier alpha value is -5.01. The highest BCUT2D eigenvalue weighted by atomic mass is 35.5. The first-order valence-corrected chi connectivity index (χ1v) is 18.1. The molecule has 314 valence electrons. The minimum absolute atomic E-state index is 0. The van der Waals surface area contributed by atoms with Crippen LogP contribution in [0.2, 0.25) is 0 Å². The minimum Gasteiger partial charge on any atom is -0.497 e. The number of anilines is 1. The standard InChI is InChI=1S/C43H50N4O8.3ClH/c1-48-34-22-33(23-35(24-34)49-2)47(27-29-9-10-36(45-25-29)30-18-38(50-3)42(54-7)39(19-30)51-4)32-12-15-46(16-13-32)26-28-11-14-44-37(17-28)31-20-40(52-5)43(55-8)41(21-31)53-6;;;/h9-11,14,17-25,32H,12-13,15-16,26-27H2,1-8H3;3*1H. The zero-order valence-electron chi connectivity index (χ0n) is 34.1. The highest BCUT2D eigenvalue weighted by Gasteiger charge is 2.27. The smallest absolute Gasteiger partial charge is 0.203 e. The monoisotopic (exact) mass is 858 g/mol. The molecule has 1 aliphatic rings. The van der Waals surface area contributed by atoms with E-state index in [-0.39, 0.29) is 43.3 Å². The van der Waals surface area contributed by atoms with Crippen LogP contribution in [-0.2, 0) is 13.1 Å². The van der Waals surface area contributed by atoms with Crippen LogP contribution in [0.5, 0.6) is 46.0 Å². The maximum absolute atomic E-state index is 5.68. The second-order valence-electron chi connectivity index (χ2n) is 13.1. The summed E-state index contributed by atoms with van der Waals surface area (Å²) in [5.74, 6) is 4.93. The highest BCUT2D eigenvalue weighted by molar-refractivity contribution is 5.86. The molecule has 3 aromatic carbocycles. The number of nitrogens with zero attached hydrogens (tertiary/aromatic N) is 4. The number of halogens is 3. The summed E-state index contributed by atoms with van der Waals surface area (Å²) >= 11 is 0. The molecule has 0 amide bonds. The first-order chi connectivity index (χ1) is 26.8. The number of methoxy groups -OCH3 is 8. The van der Waals surface area contributed by atoms with E-state index >= 15 is 0 Å². The van der Waals surface area contributed by atoms with E-state index in [0.29, 0.717) is 41.0 Å². The van der Waals surface area contributed by atoms with Crippen LogP contribution in [0.15, 0.2) is 79.1 Å². The Morgan fingerprint density at radius 2 is 1.07 bits per heavy atom. The van der Waals surface area contributed by atoms with Gasteiger partial charge in [-0.1, -0.05) is 6.07 Å². The maximum atomic E-state index is 5.68. The Kier molecular flexibility index (Phi) is 18.1. The average Bonchev–Trinajstić information content (AvgIpc) is 3.24. The average molecular weight is 860 g/mol. The number of benzene rings is 3. The fraction of sp³-hybridized carbons (Fsp3) is 0.349. The van der Waals surface area contributed by atoms with Crippen LogP contribution in [0, 0.1) is 0 Å². The zero-order chi connectivity index (χ0) is 38.9. The van der Waals surface area contributed by atoms with E-state index in [9.17, 15) is 0 Å². The van der Waals surface area contributed by atoms with Crippen LogP contribution < -0.4 is 42.8 Å². The van der Waals surface area contributed by atoms with Crippen molar-refractivity contribution < 1.29 is 37.9 Å². The van der Waals surface area contributed by atoms with Gasteiger partial charge in [-0.3, -0.25) is 14.9 Å². The van der Waals surface area contributed by atoms with E-state index in [0.717, 1.165) is 77.7 Å². The quantitative estimate of drug-likeness (QED) is 0.0947. The van der Waals surface area contributed by atoms with Crippen molar-refractivity contribution in [1.82, 2.24) is 14.9 Å². The van der Waals surface area contributed by atoms with Gasteiger partial charge >= 0.3 is 0 Å². The summed E-state index contributed by atoms with van der Waals surface area (Å²) in [7, 11) is 13.0. The van der Waals surface area contributed by atoms with Gasteiger partial charge in [-0.15, -0.1) is 37.2 Å². The summed E-state index contributed by atoms with van der Waals surface area (Å²) in [6.45, 7) is 3.34. The number of likely N-dealkylation sites (tertiary alicyclic amines) is 1. The van der Waals surface area contributed by atoms with E-state index in [1.165, 1.54) is 5.56 Å². The largest absolute Gasteiger partial charge is 0.497 e. The van der Waals surface area contributed by atoms with Gasteiger partial charge < -0.3 is 42.8 Å². The molecule has 0 spiro atoms. The molecule has 2 aromatic heterocycles. The number of pyridine rings is 2. The molecule has 0 bridgehead atoms. The molecule has 1 aliphatic heterocycles. The lowest BCUT2D eigenvalue weighted by Crippen LogP contribution is -2.44. The Balaban J connectivity index is 0.00000300. The number of aromatic nitrogens is 2. The lowest BCUT2D eigenvalue weighted by Gasteiger charge is -2.40. The molecule has 3 heterocycles. The fourth-order valence-electron chi connectivity index (χ4n) is 7.11. The van der Waals surface area contributed by atoms with Crippen LogP contribution in [0.25, 0.3) is 22.5 Å². The summed E-state index contributed by atoms with van der Waals surface area (Å²) in [4.78, 5) is 14.5. The molecule has 12 nitrogen and oxygen atoms in total. The van der Waals surface area contributed by atoms with Gasteiger partial charge in [0, 0.05) is 79.6 Å². The van der Waals surface area contributed by atoms with Gasteiger partial charge in [0.25, 0.3) is 0 Å². The van der Waals surface area contributed by atoms with Crippen LogP contribution >= 0.6 is 37.2 Å². The van der Waals surface area contributed by atoms with Crippen LogP contribution in [0.3, 0.4) is 0 Å². The van der Waals surface area contributed by atoms with E-state index in [4.69, 9.17) is 42.9 Å². The van der Waals surface area contributed by atoms with Gasteiger partial charge in [0.2, 0.25) is 11.5 Å². The minimum atomic E-state index is 0. The van der Waals surface area contributed by atoms with Crippen molar-refractivity contribution in [2.45, 2.75) is 32.0 Å². The third-order valence-corrected chi connectivity index (χ3v) is 9.99. The van der Waals surface area contributed by atoms with E-state index in [2.05, 4.69) is 45.1 Å². The number of rotatable bonds is 16. The van der Waals surface area contributed by atoms with Crippen LogP contribution in [-0.4, -0.2) is 90.9 Å². The molecule has 1 saturated heterocycles. The number of hydrogen-bond acceptors (Lipinski definition) is 12. The van der Waals surface area contributed by atoms with E-state index < -0.39 is 0 Å². The molecule has 6 rings (SSSR count). The third-order valence-electron chi connectivity index (χ3n) is 9.99. The molecule has 0 N–H and O–H groups in total. The Morgan fingerprint density at radius 1 is 0.552 bits per heavy atom. The van der Waals surface area contributed by atoms with Crippen molar-refractivity contribution in [1.29, 1.82) is 0 Å². The molecule has 0 aliphatic carbocycles. The van der Waals surface area contributed by atoms with Gasteiger partial charge in [0.15, 0.2) is 23.0 Å². The topological polar surface area (TPSA) is 106 Å². The van der Waals surface area contributed by atoms with E-state index in [1.54, 1.807) is 56.9 Å². The first kappa shape index (κ1) is 47.4. The first-order valence-electron chi connectivity index (χ1n) is 18.1. The van der Waals surface area contributed by atoms with Gasteiger partial charge in [-0.05, 0) is 66.4 Å². The van der Waals surface area contributed by atoms with E-state index in [1.807, 2.05) is 48.8 Å². The molecular formula is C43H53Cl3N4O8. The Morgan fingerprint density at radius 3 is 1.52 bits per heavy atom. The number of ether oxygens (including phenoxy) is 8. The molecule has 15 heteroatoms. The second kappa shape index (κ2) is 22.2. The molecule has 0 unspecified atom stereocenters. The van der Waals surface area contributed by atoms with Crippen molar-refractivity contribution in [3.05, 3.63) is 90.3 Å². The normalized spacial score (nSPS) is 12.5. The number of piperidine rings is 1. The summed E-state index contributed by atoms with van der Waals surface area (Å²) in [5, 5.41) is 0. The SMILES string of the molecule is COc1cc(OC)cc(N(Cc2ccc(-c3cc(OC)c(OC)c(OC)c3)nc2)C2CCN(Cc3ccnc(-c4cc(OC)c(OC)c(OC)c4)c3)CC2)c1.Cl.Cl.Cl. The lowest BCUT2D eigenvalue weighted by molar-refractivity contribution is 0.201. The fourth-order valence-corrected chi connectivity index (χ4v) is 7.11. The van der Waals surface area contributed by atoms with Gasteiger partial charge in [-0.25, -0.2) is 0 Å². The molecular weight excluding hydrogens is 807 g/mol. The predicted octanol–water partition coefficient (Wildman–Crippen LogP) is 8.82. The predicted molar refractivity (Wildman–Crippen MR) is 234 cm³/mol. The summed E-state index contributed by atoms with van der Waals surface area (Å²) in [5.41, 5.74) is 6.71. The third kappa shape index (κ3) is 10.7. The number of hydrogen-bond donors (Lipinski definition) is 0. The van der Waals surface area contributed by atoms with Crippen molar-refractivity contribution in [3.63, 3.8) is 0 Å². The molecule has 0 atom stereocenters. The lowest BCUT2D eigenvalue weighted by atomic mass is 10.00. The van der Waals surface area contributed by atoms with Crippen LogP contribution in [0.4, 0.5) is 5.69 Å². The van der Waals surface area contributed by atoms with Gasteiger partial charge in [0.05, 0.1) is 68.3 Å². The van der Waals surface area contributed by atoms with Gasteiger partial charge in [-0.2, -0.15) is 0 Å². The summed E-state index contributed by atoms with van der Waals surface area (Å²) < 4.78 is 44.7. The van der Waals surface area contributed by atoms with Crippen LogP contribution in [0.1, 0.15) is 24.0 Å². The Bertz CT molecular complexity index is 1990. The van der Waals surface area contributed by atoms with Gasteiger partial charge in [0.1, 0.15) is 11.5 Å². The molecule has 58 heavy (non-hydrogen) atoms. The highest BCUT2D eigenvalue weighted by Crippen LogP contribution is 2.42.